The predicted molar refractivity (Wildman–Crippen MR) is 250 cm³/mol. The second-order valence-electron chi connectivity index (χ2n) is 16.5. The van der Waals surface area contributed by atoms with Gasteiger partial charge in [0.2, 0.25) is 0 Å². The van der Waals surface area contributed by atoms with Gasteiger partial charge in [-0.2, -0.15) is 0 Å². The van der Waals surface area contributed by atoms with Gasteiger partial charge >= 0.3 is 27.6 Å². The average molecular weight is 965 g/mol. The largest absolute Gasteiger partial charge is 0.472 e. The number of hydrogen-bond donors (Lipinski definition) is 7. The van der Waals surface area contributed by atoms with Crippen LogP contribution in [0.2, 0.25) is 0 Å². The first kappa shape index (κ1) is 60.7. The van der Waals surface area contributed by atoms with Crippen LogP contribution in [0.15, 0.2) is 60.8 Å². The third kappa shape index (κ3) is 32.2. The lowest BCUT2D eigenvalue weighted by Gasteiger charge is -2.43. The van der Waals surface area contributed by atoms with E-state index >= 15 is 0 Å². The number of unbranched alkanes of at least 4 members (excludes halogenated alkanes) is 15. The maximum Gasteiger partial charge on any atom is 0.472 e. The van der Waals surface area contributed by atoms with E-state index in [0.29, 0.717) is 12.8 Å². The van der Waals surface area contributed by atoms with E-state index in [4.69, 9.17) is 18.5 Å². The molecule has 1 fully saturated rings. The van der Waals surface area contributed by atoms with Gasteiger partial charge in [0.25, 0.3) is 0 Å². The smallest absolute Gasteiger partial charge is 0.462 e. The van der Waals surface area contributed by atoms with E-state index in [2.05, 4.69) is 79.1 Å². The molecule has 65 heavy (non-hydrogen) atoms. The Balaban J connectivity index is 2.62. The van der Waals surface area contributed by atoms with E-state index in [1.54, 1.807) is 0 Å². The van der Waals surface area contributed by atoms with Crippen LogP contribution in [0.1, 0.15) is 168 Å². The van der Waals surface area contributed by atoms with Crippen molar-refractivity contribution in [3.05, 3.63) is 60.8 Å². The van der Waals surface area contributed by atoms with Crippen LogP contribution in [0.4, 0.5) is 0 Å². The predicted octanol–water partition coefficient (Wildman–Crippen LogP) is 9.06. The number of esters is 2. The molecule has 0 aromatic rings. The fourth-order valence-corrected chi connectivity index (χ4v) is 8.37. The van der Waals surface area contributed by atoms with Crippen molar-refractivity contribution < 1.29 is 76.9 Å². The van der Waals surface area contributed by atoms with E-state index < -0.39 is 83.5 Å². The third-order valence-electron chi connectivity index (χ3n) is 10.6. The Morgan fingerprint density at radius 2 is 0.892 bits per heavy atom. The number of ether oxygens (including phenoxy) is 2. The zero-order valence-corrected chi connectivity index (χ0v) is 40.7. The molecule has 1 saturated carbocycles. The number of hydrogen-bond acceptors (Lipinski definition) is 13. The molecule has 16 nitrogen and oxygen atoms in total. The van der Waals surface area contributed by atoms with Crippen LogP contribution in [-0.2, 0) is 41.8 Å². The van der Waals surface area contributed by atoms with Crippen molar-refractivity contribution in [1.29, 1.82) is 0 Å². The molecular formula is C47H82O16P2. The van der Waals surface area contributed by atoms with Gasteiger partial charge < -0.3 is 44.6 Å². The molecule has 7 N–H and O–H groups in total. The number of aliphatic hydroxyl groups is 4. The van der Waals surface area contributed by atoms with E-state index in [-0.39, 0.29) is 12.8 Å². The Labute approximate surface area is 388 Å². The SMILES string of the molecule is CCCCCC=CCC=CCC=CCCCCCCC(=O)OC[C@H](COP(=O)(O)O[C@H]1C(O)C(O)C(O)[C@@H](OP(=O)(O)O)C1O)OC(=O)CCCCCCCC=CCC=CCCCCC. The Morgan fingerprint density at radius 1 is 0.492 bits per heavy atom. The van der Waals surface area contributed by atoms with Gasteiger partial charge in [-0.3, -0.25) is 23.2 Å². The molecule has 0 aliphatic heterocycles. The molecule has 0 spiro atoms. The summed E-state index contributed by atoms with van der Waals surface area (Å²) in [6.45, 7) is 3.02. The first-order valence-corrected chi connectivity index (χ1v) is 26.9. The molecule has 0 aromatic carbocycles. The number of phosphoric ester groups is 2. The van der Waals surface area contributed by atoms with Crippen LogP contribution in [-0.4, -0.2) is 103 Å². The number of phosphoric acid groups is 2. The van der Waals surface area contributed by atoms with Crippen molar-refractivity contribution in [2.24, 2.45) is 0 Å². The highest BCUT2D eigenvalue weighted by molar-refractivity contribution is 7.47. The molecule has 0 saturated heterocycles. The quantitative estimate of drug-likeness (QED) is 0.0131. The highest BCUT2D eigenvalue weighted by Crippen LogP contribution is 2.49. The molecule has 1 aliphatic rings. The molecule has 8 atom stereocenters. The minimum atomic E-state index is -5.37. The lowest BCUT2D eigenvalue weighted by atomic mass is 9.85. The summed E-state index contributed by atoms with van der Waals surface area (Å²) in [5.41, 5.74) is 0. The average Bonchev–Trinajstić information content (AvgIpc) is 3.26. The molecule has 5 unspecified atom stereocenters. The molecular weight excluding hydrogens is 882 g/mol. The summed E-state index contributed by atoms with van der Waals surface area (Å²) in [5, 5.41) is 41.2. The third-order valence-corrected chi connectivity index (χ3v) is 12.1. The number of carbonyl (C=O) groups excluding carboxylic acids is 2. The van der Waals surface area contributed by atoms with Crippen LogP contribution in [0.5, 0.6) is 0 Å². The maximum absolute atomic E-state index is 13.0. The van der Waals surface area contributed by atoms with Gasteiger partial charge in [-0.15, -0.1) is 0 Å². The van der Waals surface area contributed by atoms with Crippen LogP contribution < -0.4 is 0 Å². The van der Waals surface area contributed by atoms with E-state index in [0.717, 1.165) is 89.9 Å². The van der Waals surface area contributed by atoms with Crippen LogP contribution in [0.3, 0.4) is 0 Å². The number of aliphatic hydroxyl groups excluding tert-OH is 4. The van der Waals surface area contributed by atoms with Crippen molar-refractivity contribution in [2.45, 2.75) is 211 Å². The van der Waals surface area contributed by atoms with E-state index in [1.165, 1.54) is 38.5 Å². The first-order valence-electron chi connectivity index (χ1n) is 23.8. The Hall–Kier alpha value is -2.30. The molecule has 0 amide bonds. The number of rotatable bonds is 39. The van der Waals surface area contributed by atoms with Crippen molar-refractivity contribution in [3.63, 3.8) is 0 Å². The van der Waals surface area contributed by atoms with Gasteiger partial charge in [-0.1, -0.05) is 132 Å². The normalized spacial score (nSPS) is 22.2. The Kier molecular flexibility index (Phi) is 35.2. The van der Waals surface area contributed by atoms with Gasteiger partial charge in [0, 0.05) is 12.8 Å². The minimum absolute atomic E-state index is 0.0204. The molecule has 0 radical (unpaired) electrons. The van der Waals surface area contributed by atoms with Gasteiger partial charge in [0.1, 0.15) is 43.2 Å². The molecule has 0 bridgehead atoms. The highest BCUT2D eigenvalue weighted by atomic mass is 31.2. The summed E-state index contributed by atoms with van der Waals surface area (Å²) in [7, 11) is -10.7. The summed E-state index contributed by atoms with van der Waals surface area (Å²) >= 11 is 0. The van der Waals surface area contributed by atoms with Crippen molar-refractivity contribution in [3.8, 4) is 0 Å². The Morgan fingerprint density at radius 3 is 1.35 bits per heavy atom. The highest BCUT2D eigenvalue weighted by Gasteiger charge is 2.54. The standard InChI is InChI=1S/C47H82O16P2/c1-3-5-7-9-11-13-15-17-19-20-22-23-25-27-29-31-33-35-40(48)59-37-39(61-41(49)36-34-32-30-28-26-24-21-18-16-14-12-10-8-6-4-2)38-60-65(57,58)63-47-44(52)42(50)43(51)46(45(47)53)62-64(54,55)56/h11-14,17-19,21-23,39,42-47,50-53H,3-10,15-16,20,24-38H2,1-2H3,(H,57,58)(H2,54,55,56)/t39-,42?,43?,44?,45?,46-,47+/m1/s1. The zero-order chi connectivity index (χ0) is 48.2. The van der Waals surface area contributed by atoms with E-state index in [9.17, 15) is 53.8 Å². The summed E-state index contributed by atoms with van der Waals surface area (Å²) in [6, 6.07) is 0. The summed E-state index contributed by atoms with van der Waals surface area (Å²) in [4.78, 5) is 54.3. The van der Waals surface area contributed by atoms with E-state index in [1.807, 2.05) is 0 Å². The molecule has 1 aliphatic carbocycles. The summed E-state index contributed by atoms with van der Waals surface area (Å²) in [6.07, 6.45) is 28.9. The molecule has 0 aromatic heterocycles. The van der Waals surface area contributed by atoms with Crippen molar-refractivity contribution in [2.75, 3.05) is 13.2 Å². The lowest BCUT2D eigenvalue weighted by molar-refractivity contribution is -0.216. The second kappa shape index (κ2) is 37.7. The summed E-state index contributed by atoms with van der Waals surface area (Å²) < 4.78 is 49.3. The van der Waals surface area contributed by atoms with Gasteiger partial charge in [-0.25, -0.2) is 9.13 Å². The fraction of sp³-hybridized carbons (Fsp3) is 0.745. The van der Waals surface area contributed by atoms with Gasteiger partial charge in [0.15, 0.2) is 6.10 Å². The van der Waals surface area contributed by atoms with Gasteiger partial charge in [0.05, 0.1) is 6.61 Å². The second-order valence-corrected chi connectivity index (χ2v) is 19.1. The zero-order valence-electron chi connectivity index (χ0n) is 38.9. The topological polar surface area (TPSA) is 256 Å². The lowest BCUT2D eigenvalue weighted by Crippen LogP contribution is -2.64. The monoisotopic (exact) mass is 965 g/mol. The molecule has 1 rings (SSSR count). The fourth-order valence-electron chi connectivity index (χ4n) is 6.83. The van der Waals surface area contributed by atoms with Crippen LogP contribution in [0.25, 0.3) is 0 Å². The molecule has 376 valence electrons. The van der Waals surface area contributed by atoms with Crippen LogP contribution in [0, 0.1) is 0 Å². The van der Waals surface area contributed by atoms with Gasteiger partial charge in [-0.05, 0) is 83.5 Å². The molecule has 18 heteroatoms. The Bertz CT molecular complexity index is 1490. The van der Waals surface area contributed by atoms with Crippen molar-refractivity contribution >= 4 is 27.6 Å². The number of allylic oxidation sites excluding steroid dienone is 10. The number of carbonyl (C=O) groups is 2. The van der Waals surface area contributed by atoms with Crippen LogP contribution >= 0.6 is 15.6 Å². The van der Waals surface area contributed by atoms with Crippen molar-refractivity contribution in [1.82, 2.24) is 0 Å². The first-order chi connectivity index (χ1) is 31.1. The molecule has 0 heterocycles. The summed E-state index contributed by atoms with van der Waals surface area (Å²) in [5.74, 6) is -1.25. The minimum Gasteiger partial charge on any atom is -0.462 e. The maximum atomic E-state index is 13.0.